The van der Waals surface area contributed by atoms with Gasteiger partial charge in [0.1, 0.15) is 0 Å². The third kappa shape index (κ3) is 3.29. The van der Waals surface area contributed by atoms with Crippen molar-refractivity contribution in [1.29, 1.82) is 0 Å². The minimum atomic E-state index is -0.343. The molecule has 2 aliphatic rings. The molecular weight excluding hydrogens is 370 g/mol. The van der Waals surface area contributed by atoms with Crippen molar-refractivity contribution in [3.05, 3.63) is 35.9 Å². The summed E-state index contributed by atoms with van der Waals surface area (Å²) in [6, 6.07) is 10.7. The molecule has 1 aromatic heterocycles. The van der Waals surface area contributed by atoms with Crippen LogP contribution in [0.2, 0.25) is 0 Å². The van der Waals surface area contributed by atoms with Crippen LogP contribution in [-0.2, 0) is 0 Å². The topological polar surface area (TPSA) is 55.7 Å². The average Bonchev–Trinajstić information content (AvgIpc) is 3.00. The van der Waals surface area contributed by atoms with Gasteiger partial charge < -0.3 is 19.8 Å². The molecule has 1 N–H and O–H groups in total. The Balaban J connectivity index is 1.59. The molecule has 0 bridgehead atoms. The van der Waals surface area contributed by atoms with Crippen LogP contribution >= 0.6 is 11.5 Å². The largest absolute Gasteiger partial charge is 0.391 e. The van der Waals surface area contributed by atoms with Crippen molar-refractivity contribution in [2.75, 3.05) is 57.1 Å². The van der Waals surface area contributed by atoms with Crippen LogP contribution in [0.1, 0.15) is 24.8 Å². The summed E-state index contributed by atoms with van der Waals surface area (Å²) in [5.74, 6) is 1.60. The van der Waals surface area contributed by atoms with E-state index in [1.54, 1.807) is 0 Å². The first-order chi connectivity index (χ1) is 13.5. The van der Waals surface area contributed by atoms with E-state index < -0.39 is 0 Å². The lowest BCUT2D eigenvalue weighted by atomic mass is 9.95. The summed E-state index contributed by atoms with van der Waals surface area (Å²) in [5, 5.41) is 12.1. The van der Waals surface area contributed by atoms with E-state index in [1.807, 2.05) is 19.0 Å². The zero-order valence-corrected chi connectivity index (χ0v) is 18.1. The van der Waals surface area contributed by atoms with Crippen molar-refractivity contribution >= 4 is 22.6 Å². The number of hydrogen-bond acceptors (Lipinski definition) is 7. The van der Waals surface area contributed by atoms with Crippen molar-refractivity contribution in [3.63, 3.8) is 0 Å². The zero-order valence-electron chi connectivity index (χ0n) is 17.2. The molecule has 1 aliphatic heterocycles. The first kappa shape index (κ1) is 19.6. The maximum Gasteiger partial charge on any atom is 0.238 e. The molecular formula is C21H31N5OS. The second-order valence-corrected chi connectivity index (χ2v) is 9.27. The van der Waals surface area contributed by atoms with Gasteiger partial charge in [-0.05, 0) is 37.4 Å². The van der Waals surface area contributed by atoms with E-state index in [4.69, 9.17) is 0 Å². The van der Waals surface area contributed by atoms with Crippen LogP contribution in [0.4, 0.5) is 11.1 Å². The van der Waals surface area contributed by atoms with Gasteiger partial charge in [0.2, 0.25) is 11.1 Å². The second kappa shape index (κ2) is 7.61. The van der Waals surface area contributed by atoms with Crippen molar-refractivity contribution in [2.24, 2.45) is 11.3 Å². The predicted octanol–water partition coefficient (Wildman–Crippen LogP) is 2.53. The molecule has 6 nitrogen and oxygen atoms in total. The molecule has 1 aromatic carbocycles. The number of hydrogen-bond donors (Lipinski definition) is 1. The molecule has 0 radical (unpaired) electrons. The van der Waals surface area contributed by atoms with Gasteiger partial charge in [-0.1, -0.05) is 37.3 Å². The van der Waals surface area contributed by atoms with E-state index in [0.717, 1.165) is 37.1 Å². The maximum atomic E-state index is 11.2. The fourth-order valence-electron chi connectivity index (χ4n) is 5.04. The highest BCUT2D eigenvalue weighted by atomic mass is 32.1. The Kier molecular flexibility index (Phi) is 5.33. The molecule has 4 atom stereocenters. The summed E-state index contributed by atoms with van der Waals surface area (Å²) in [6.07, 6.45) is 0.809. The highest BCUT2D eigenvalue weighted by Gasteiger charge is 2.71. The van der Waals surface area contributed by atoms with Crippen molar-refractivity contribution < 1.29 is 5.11 Å². The van der Waals surface area contributed by atoms with Crippen molar-refractivity contribution in [3.8, 4) is 0 Å². The minimum Gasteiger partial charge on any atom is -0.391 e. The second-order valence-electron chi connectivity index (χ2n) is 8.54. The van der Waals surface area contributed by atoms with Gasteiger partial charge in [-0.2, -0.15) is 9.36 Å². The number of aliphatic hydroxyl groups is 1. The van der Waals surface area contributed by atoms with Crippen LogP contribution in [0.5, 0.6) is 0 Å². The number of aliphatic hydroxyl groups excluding tert-OH is 1. The van der Waals surface area contributed by atoms with Crippen molar-refractivity contribution in [2.45, 2.75) is 25.4 Å². The molecule has 2 aromatic rings. The molecule has 28 heavy (non-hydrogen) atoms. The first-order valence-electron chi connectivity index (χ1n) is 10.1. The molecule has 7 heteroatoms. The lowest BCUT2D eigenvalue weighted by Gasteiger charge is -2.19. The lowest BCUT2D eigenvalue weighted by Crippen LogP contribution is -2.28. The van der Waals surface area contributed by atoms with E-state index in [0.29, 0.717) is 18.4 Å². The molecule has 2 heterocycles. The minimum absolute atomic E-state index is 0.0900. The van der Waals surface area contributed by atoms with Crippen LogP contribution < -0.4 is 9.80 Å². The SMILES string of the molecule is CCCN(C)C[C@@H]1[C@@H](c2ccccc2)[C@]12CN(c1nc(N(C)C)ns1)C[C@@H]2O. The van der Waals surface area contributed by atoms with Gasteiger partial charge >= 0.3 is 0 Å². The third-order valence-corrected chi connectivity index (χ3v) is 7.16. The number of anilines is 2. The van der Waals surface area contributed by atoms with Crippen LogP contribution in [0.15, 0.2) is 30.3 Å². The quantitative estimate of drug-likeness (QED) is 0.769. The lowest BCUT2D eigenvalue weighted by molar-refractivity contribution is 0.118. The van der Waals surface area contributed by atoms with Gasteiger partial charge in [0.15, 0.2) is 0 Å². The Morgan fingerprint density at radius 1 is 1.25 bits per heavy atom. The van der Waals surface area contributed by atoms with Crippen LogP contribution in [0, 0.1) is 11.3 Å². The number of β-amino-alcohol motifs (C(OH)–C–C–N with tert-alkyl or cyclic N) is 1. The van der Waals surface area contributed by atoms with Crippen LogP contribution in [0.3, 0.4) is 0 Å². The zero-order chi connectivity index (χ0) is 19.9. The molecule has 0 unspecified atom stereocenters. The number of aromatic nitrogens is 2. The van der Waals surface area contributed by atoms with Gasteiger partial charge in [0.05, 0.1) is 6.10 Å². The first-order valence-corrected chi connectivity index (χ1v) is 10.9. The van der Waals surface area contributed by atoms with Gasteiger partial charge in [-0.3, -0.25) is 0 Å². The van der Waals surface area contributed by atoms with E-state index in [9.17, 15) is 5.11 Å². The molecule has 1 spiro atoms. The summed E-state index contributed by atoms with van der Waals surface area (Å²) in [5.41, 5.74) is 1.26. The highest BCUT2D eigenvalue weighted by Crippen LogP contribution is 2.69. The molecule has 1 aliphatic carbocycles. The van der Waals surface area contributed by atoms with Gasteiger partial charge in [-0.25, -0.2) is 0 Å². The Morgan fingerprint density at radius 2 is 2.00 bits per heavy atom. The normalized spacial score (nSPS) is 29.1. The summed E-state index contributed by atoms with van der Waals surface area (Å²) >= 11 is 1.43. The maximum absolute atomic E-state index is 11.2. The molecule has 4 rings (SSSR count). The molecule has 152 valence electrons. The van der Waals surface area contributed by atoms with Crippen LogP contribution in [-0.4, -0.2) is 72.8 Å². The number of nitrogens with zero attached hydrogens (tertiary/aromatic N) is 5. The Hall–Kier alpha value is -1.70. The number of rotatable bonds is 7. The number of benzene rings is 1. The fourth-order valence-corrected chi connectivity index (χ4v) is 5.79. The monoisotopic (exact) mass is 401 g/mol. The van der Waals surface area contributed by atoms with E-state index in [1.165, 1.54) is 17.1 Å². The fraction of sp³-hybridized carbons (Fsp3) is 0.619. The van der Waals surface area contributed by atoms with Crippen LogP contribution in [0.25, 0.3) is 0 Å². The Bertz CT molecular complexity index is 797. The smallest absolute Gasteiger partial charge is 0.238 e. The summed E-state index contributed by atoms with van der Waals surface area (Å²) in [7, 11) is 6.11. The van der Waals surface area contributed by atoms with Crippen molar-refractivity contribution in [1.82, 2.24) is 14.3 Å². The standard InChI is InChI=1S/C21H31N5OS/c1-5-11-25(4)12-16-18(15-9-7-6-8-10-15)21(16)14-26(13-17(21)27)20-22-19(23-28-20)24(2)3/h6-10,16-18,27H,5,11-14H2,1-4H3/t16-,17+,18-,21-/m1/s1. The summed E-state index contributed by atoms with van der Waals surface area (Å²) in [6.45, 7) is 5.82. The molecule has 2 fully saturated rings. The average molecular weight is 402 g/mol. The molecule has 0 amide bonds. The predicted molar refractivity (Wildman–Crippen MR) is 115 cm³/mol. The third-order valence-electron chi connectivity index (χ3n) is 6.39. The molecule has 1 saturated heterocycles. The molecule has 1 saturated carbocycles. The van der Waals surface area contributed by atoms with E-state index in [-0.39, 0.29) is 11.5 Å². The highest BCUT2D eigenvalue weighted by molar-refractivity contribution is 7.09. The van der Waals surface area contributed by atoms with E-state index in [2.05, 4.69) is 63.5 Å². The van der Waals surface area contributed by atoms with Gasteiger partial charge in [0.25, 0.3) is 0 Å². The summed E-state index contributed by atoms with van der Waals surface area (Å²) < 4.78 is 4.45. The Labute approximate surface area is 172 Å². The summed E-state index contributed by atoms with van der Waals surface area (Å²) in [4.78, 5) is 11.3. The van der Waals surface area contributed by atoms with Gasteiger partial charge in [-0.15, -0.1) is 0 Å². The van der Waals surface area contributed by atoms with E-state index >= 15 is 0 Å². The Morgan fingerprint density at radius 3 is 2.64 bits per heavy atom. The van der Waals surface area contributed by atoms with Gasteiger partial charge in [0, 0.05) is 50.7 Å².